The summed E-state index contributed by atoms with van der Waals surface area (Å²) >= 11 is 0. The molecule has 1 amide bonds. The molecule has 1 aromatic heterocycles. The SMILES string of the molecule is CC1CCCC(CNC(=O)c2cc3cc(N)ccc3[nH]2)C1. The standard InChI is InChI=1S/C17H23N3O/c1-11-3-2-4-12(7-11)10-19-17(21)16-9-13-8-14(18)5-6-15(13)20-16/h5-6,8-9,11-12,20H,2-4,7,10,18H2,1H3,(H,19,21). The number of nitrogen functional groups attached to an aromatic ring is 1. The second-order valence-corrected chi connectivity index (χ2v) is 6.38. The molecule has 0 aliphatic heterocycles. The van der Waals surface area contributed by atoms with Crippen LogP contribution in [0.1, 0.15) is 43.1 Å². The van der Waals surface area contributed by atoms with Crippen LogP contribution >= 0.6 is 0 Å². The van der Waals surface area contributed by atoms with Gasteiger partial charge in [0.2, 0.25) is 0 Å². The Morgan fingerprint density at radius 3 is 3.05 bits per heavy atom. The van der Waals surface area contributed by atoms with Crippen LogP contribution in [0.2, 0.25) is 0 Å². The van der Waals surface area contributed by atoms with Gasteiger partial charge in [0.1, 0.15) is 5.69 Å². The van der Waals surface area contributed by atoms with Crippen molar-refractivity contribution in [1.82, 2.24) is 10.3 Å². The number of nitrogens with one attached hydrogen (secondary N) is 2. The molecule has 1 heterocycles. The molecule has 1 aliphatic rings. The van der Waals surface area contributed by atoms with Gasteiger partial charge < -0.3 is 16.0 Å². The third kappa shape index (κ3) is 3.20. The molecule has 4 N–H and O–H groups in total. The minimum atomic E-state index is -0.0250. The number of aromatic nitrogens is 1. The third-order valence-electron chi connectivity index (χ3n) is 4.49. The highest BCUT2D eigenvalue weighted by Crippen LogP contribution is 2.28. The van der Waals surface area contributed by atoms with Gasteiger partial charge in [-0.25, -0.2) is 0 Å². The summed E-state index contributed by atoms with van der Waals surface area (Å²) in [6.45, 7) is 3.08. The van der Waals surface area contributed by atoms with Crippen molar-refractivity contribution in [2.75, 3.05) is 12.3 Å². The van der Waals surface area contributed by atoms with Crippen LogP contribution in [0.5, 0.6) is 0 Å². The van der Waals surface area contributed by atoms with Gasteiger partial charge in [0.15, 0.2) is 0 Å². The number of carbonyl (C=O) groups is 1. The molecule has 0 radical (unpaired) electrons. The van der Waals surface area contributed by atoms with Crippen molar-refractivity contribution in [3.05, 3.63) is 30.0 Å². The van der Waals surface area contributed by atoms with E-state index in [0.29, 0.717) is 17.3 Å². The number of H-pyrrole nitrogens is 1. The van der Waals surface area contributed by atoms with Gasteiger partial charge in [-0.1, -0.05) is 19.8 Å². The highest BCUT2D eigenvalue weighted by atomic mass is 16.1. The number of hydrogen-bond acceptors (Lipinski definition) is 2. The topological polar surface area (TPSA) is 70.9 Å². The predicted molar refractivity (Wildman–Crippen MR) is 86.2 cm³/mol. The molecule has 1 aromatic carbocycles. The molecule has 1 aliphatic carbocycles. The Hall–Kier alpha value is -1.97. The van der Waals surface area contributed by atoms with Gasteiger partial charge in [0, 0.05) is 23.1 Å². The average Bonchev–Trinajstić information content (AvgIpc) is 2.88. The van der Waals surface area contributed by atoms with Gasteiger partial charge >= 0.3 is 0 Å². The fraction of sp³-hybridized carbons (Fsp3) is 0.471. The van der Waals surface area contributed by atoms with Gasteiger partial charge in [0.25, 0.3) is 5.91 Å². The molecule has 1 saturated carbocycles. The second kappa shape index (κ2) is 5.80. The Balaban J connectivity index is 1.63. The van der Waals surface area contributed by atoms with Gasteiger partial charge in [-0.3, -0.25) is 4.79 Å². The van der Waals surface area contributed by atoms with Crippen molar-refractivity contribution in [3.8, 4) is 0 Å². The largest absolute Gasteiger partial charge is 0.399 e. The van der Waals surface area contributed by atoms with Gasteiger partial charge in [-0.2, -0.15) is 0 Å². The highest BCUT2D eigenvalue weighted by molar-refractivity contribution is 5.98. The highest BCUT2D eigenvalue weighted by Gasteiger charge is 2.19. The number of carbonyl (C=O) groups excluding carboxylic acids is 1. The molecule has 0 bridgehead atoms. The van der Waals surface area contributed by atoms with E-state index in [9.17, 15) is 4.79 Å². The first-order valence-electron chi connectivity index (χ1n) is 7.78. The smallest absolute Gasteiger partial charge is 0.267 e. The fourth-order valence-corrected chi connectivity index (χ4v) is 3.35. The number of rotatable bonds is 3. The van der Waals surface area contributed by atoms with E-state index in [1.165, 1.54) is 25.7 Å². The van der Waals surface area contributed by atoms with Crippen molar-refractivity contribution in [2.24, 2.45) is 11.8 Å². The van der Waals surface area contributed by atoms with Crippen LogP contribution in [0.4, 0.5) is 5.69 Å². The number of anilines is 1. The maximum absolute atomic E-state index is 12.2. The monoisotopic (exact) mass is 285 g/mol. The molecule has 2 aromatic rings. The molecule has 4 heteroatoms. The molecule has 4 nitrogen and oxygen atoms in total. The van der Waals surface area contributed by atoms with E-state index >= 15 is 0 Å². The molecular formula is C17H23N3O. The van der Waals surface area contributed by atoms with Crippen molar-refractivity contribution in [1.29, 1.82) is 0 Å². The Bertz CT molecular complexity index is 647. The molecule has 0 saturated heterocycles. The second-order valence-electron chi connectivity index (χ2n) is 6.38. The van der Waals surface area contributed by atoms with Crippen LogP contribution in [0.3, 0.4) is 0 Å². The van der Waals surface area contributed by atoms with E-state index in [-0.39, 0.29) is 5.91 Å². The van der Waals surface area contributed by atoms with Crippen molar-refractivity contribution in [3.63, 3.8) is 0 Å². The lowest BCUT2D eigenvalue weighted by Gasteiger charge is -2.26. The minimum absolute atomic E-state index is 0.0250. The fourth-order valence-electron chi connectivity index (χ4n) is 3.35. The first kappa shape index (κ1) is 14.0. The molecule has 2 unspecified atom stereocenters. The number of hydrogen-bond donors (Lipinski definition) is 3. The van der Waals surface area contributed by atoms with Gasteiger partial charge in [0.05, 0.1) is 0 Å². The van der Waals surface area contributed by atoms with E-state index in [1.807, 2.05) is 24.3 Å². The lowest BCUT2D eigenvalue weighted by Crippen LogP contribution is -2.31. The first-order chi connectivity index (χ1) is 10.1. The van der Waals surface area contributed by atoms with Crippen LogP contribution in [-0.2, 0) is 0 Å². The summed E-state index contributed by atoms with van der Waals surface area (Å²) in [4.78, 5) is 15.4. The van der Waals surface area contributed by atoms with Crippen LogP contribution < -0.4 is 11.1 Å². The normalized spacial score (nSPS) is 22.3. The summed E-state index contributed by atoms with van der Waals surface area (Å²) in [5, 5.41) is 4.04. The zero-order chi connectivity index (χ0) is 14.8. The van der Waals surface area contributed by atoms with E-state index in [1.54, 1.807) is 0 Å². The van der Waals surface area contributed by atoms with Gasteiger partial charge in [-0.05, 0) is 48.9 Å². The zero-order valence-corrected chi connectivity index (χ0v) is 12.5. The number of benzene rings is 1. The summed E-state index contributed by atoms with van der Waals surface area (Å²) in [5.41, 5.74) is 8.03. The van der Waals surface area contributed by atoms with Gasteiger partial charge in [-0.15, -0.1) is 0 Å². The van der Waals surface area contributed by atoms with Crippen molar-refractivity contribution >= 4 is 22.5 Å². The molecule has 112 valence electrons. The first-order valence-corrected chi connectivity index (χ1v) is 7.78. The lowest BCUT2D eigenvalue weighted by atomic mass is 9.82. The number of fused-ring (bicyclic) bond motifs is 1. The summed E-state index contributed by atoms with van der Waals surface area (Å²) in [6.07, 6.45) is 5.07. The molecule has 0 spiro atoms. The van der Waals surface area contributed by atoms with E-state index in [4.69, 9.17) is 5.73 Å². The average molecular weight is 285 g/mol. The molecular weight excluding hydrogens is 262 g/mol. The summed E-state index contributed by atoms with van der Waals surface area (Å²) in [6, 6.07) is 7.49. The zero-order valence-electron chi connectivity index (χ0n) is 12.5. The Morgan fingerprint density at radius 2 is 2.24 bits per heavy atom. The summed E-state index contributed by atoms with van der Waals surface area (Å²) < 4.78 is 0. The van der Waals surface area contributed by atoms with E-state index in [0.717, 1.165) is 23.4 Å². The minimum Gasteiger partial charge on any atom is -0.399 e. The Labute approximate surface area is 125 Å². The van der Waals surface area contributed by atoms with Crippen molar-refractivity contribution in [2.45, 2.75) is 32.6 Å². The summed E-state index contributed by atoms with van der Waals surface area (Å²) in [5.74, 6) is 1.39. The van der Waals surface area contributed by atoms with E-state index in [2.05, 4.69) is 17.2 Å². The number of aromatic amines is 1. The lowest BCUT2D eigenvalue weighted by molar-refractivity contribution is 0.0936. The molecule has 3 rings (SSSR count). The quantitative estimate of drug-likeness (QED) is 0.757. The maximum atomic E-state index is 12.2. The van der Waals surface area contributed by atoms with Crippen LogP contribution in [0.15, 0.2) is 24.3 Å². The van der Waals surface area contributed by atoms with Crippen LogP contribution in [-0.4, -0.2) is 17.4 Å². The Morgan fingerprint density at radius 1 is 1.38 bits per heavy atom. The van der Waals surface area contributed by atoms with Crippen molar-refractivity contribution < 1.29 is 4.79 Å². The van der Waals surface area contributed by atoms with Crippen LogP contribution in [0, 0.1) is 11.8 Å². The number of amides is 1. The predicted octanol–water partition coefficient (Wildman–Crippen LogP) is 3.31. The molecule has 21 heavy (non-hydrogen) atoms. The number of nitrogens with two attached hydrogens (primary N) is 1. The Kier molecular flexibility index (Phi) is 3.86. The molecule has 1 fully saturated rings. The maximum Gasteiger partial charge on any atom is 0.267 e. The third-order valence-corrected chi connectivity index (χ3v) is 4.49. The van der Waals surface area contributed by atoms with E-state index < -0.39 is 0 Å². The van der Waals surface area contributed by atoms with Crippen LogP contribution in [0.25, 0.3) is 10.9 Å². The molecule has 2 atom stereocenters. The summed E-state index contributed by atoms with van der Waals surface area (Å²) in [7, 11) is 0.